The van der Waals surface area contributed by atoms with Crippen molar-refractivity contribution in [3.8, 4) is 5.75 Å². The largest absolute Gasteiger partial charge is 0.492 e. The Morgan fingerprint density at radius 2 is 2.12 bits per heavy atom. The Bertz CT molecular complexity index is 338. The number of likely N-dealkylation sites (N-methyl/N-ethyl adjacent to an activating group) is 1. The molecule has 0 heterocycles. The van der Waals surface area contributed by atoms with Gasteiger partial charge >= 0.3 is 0 Å². The molecule has 0 atom stereocenters. The van der Waals surface area contributed by atoms with Crippen LogP contribution in [0.25, 0.3) is 0 Å². The Labute approximate surface area is 102 Å². The normalized spacial score (nSPS) is 11.1. The Kier molecular flexibility index (Phi) is 6.06. The number of ether oxygens (including phenoxy) is 1. The number of hydroxylamine groups is 1. The van der Waals surface area contributed by atoms with Crippen molar-refractivity contribution in [2.45, 2.75) is 6.92 Å². The van der Waals surface area contributed by atoms with E-state index in [4.69, 9.17) is 9.94 Å². The second kappa shape index (κ2) is 7.65. The average molecular weight is 237 g/mol. The fraction of sp³-hybridized carbons (Fsp3) is 0.417. The van der Waals surface area contributed by atoms with Crippen molar-refractivity contribution in [2.75, 3.05) is 26.7 Å². The summed E-state index contributed by atoms with van der Waals surface area (Å²) in [6.45, 7) is 4.71. The molecular weight excluding hydrogens is 218 g/mol. The monoisotopic (exact) mass is 237 g/mol. The lowest BCUT2D eigenvalue weighted by Crippen LogP contribution is -2.23. The molecule has 0 amide bonds. The van der Waals surface area contributed by atoms with Crippen LogP contribution in [0, 0.1) is 0 Å². The maximum Gasteiger partial charge on any atom is 0.119 e. The summed E-state index contributed by atoms with van der Waals surface area (Å²) < 4.78 is 5.58. The highest BCUT2D eigenvalue weighted by molar-refractivity contribution is 5.59. The molecule has 2 N–H and O–H groups in total. The minimum Gasteiger partial charge on any atom is -0.492 e. The Morgan fingerprint density at radius 3 is 2.71 bits per heavy atom. The van der Waals surface area contributed by atoms with Crippen molar-refractivity contribution >= 4 is 12.0 Å². The van der Waals surface area contributed by atoms with Gasteiger partial charge < -0.3 is 9.64 Å². The highest BCUT2D eigenvalue weighted by Crippen LogP contribution is 2.17. The van der Waals surface area contributed by atoms with Gasteiger partial charge in [-0.2, -0.15) is 0 Å². The molecule has 5 heteroatoms. The summed E-state index contributed by atoms with van der Waals surface area (Å²) in [7, 11) is 2.06. The maximum atomic E-state index is 8.35. The zero-order valence-electron chi connectivity index (χ0n) is 10.3. The zero-order valence-corrected chi connectivity index (χ0v) is 10.3. The lowest BCUT2D eigenvalue weighted by atomic mass is 10.3. The topological polar surface area (TPSA) is 57.1 Å². The molecule has 0 unspecified atom stereocenters. The molecule has 1 aromatic carbocycles. The first kappa shape index (κ1) is 13.5. The van der Waals surface area contributed by atoms with Gasteiger partial charge in [0.05, 0.1) is 5.69 Å². The van der Waals surface area contributed by atoms with Crippen molar-refractivity contribution in [3.63, 3.8) is 0 Å². The van der Waals surface area contributed by atoms with Crippen LogP contribution in [0.4, 0.5) is 5.69 Å². The number of hydrogen-bond acceptors (Lipinski definition) is 4. The van der Waals surface area contributed by atoms with E-state index in [1.165, 1.54) is 6.34 Å². The van der Waals surface area contributed by atoms with Crippen LogP contribution in [0.15, 0.2) is 29.3 Å². The van der Waals surface area contributed by atoms with Gasteiger partial charge in [-0.25, -0.2) is 4.99 Å². The van der Waals surface area contributed by atoms with E-state index < -0.39 is 0 Å². The summed E-state index contributed by atoms with van der Waals surface area (Å²) in [4.78, 5) is 6.12. The van der Waals surface area contributed by atoms with E-state index in [0.717, 1.165) is 24.5 Å². The summed E-state index contributed by atoms with van der Waals surface area (Å²) in [6, 6.07) is 7.37. The smallest absolute Gasteiger partial charge is 0.119 e. The molecule has 17 heavy (non-hydrogen) atoms. The van der Waals surface area contributed by atoms with Gasteiger partial charge in [-0.05, 0) is 37.9 Å². The van der Waals surface area contributed by atoms with Crippen molar-refractivity contribution < 1.29 is 9.94 Å². The fourth-order valence-electron chi connectivity index (χ4n) is 1.21. The molecule has 0 aliphatic rings. The second-order valence-corrected chi connectivity index (χ2v) is 3.63. The molecule has 0 aliphatic carbocycles. The number of aliphatic imine (C=N–C) groups is 1. The Balaban J connectivity index is 2.37. The van der Waals surface area contributed by atoms with Crippen molar-refractivity contribution in [1.29, 1.82) is 0 Å². The third-order valence-corrected chi connectivity index (χ3v) is 2.39. The second-order valence-electron chi connectivity index (χ2n) is 3.63. The van der Waals surface area contributed by atoms with Gasteiger partial charge in [0.2, 0.25) is 0 Å². The van der Waals surface area contributed by atoms with E-state index in [2.05, 4.69) is 23.9 Å². The molecule has 0 saturated heterocycles. The van der Waals surface area contributed by atoms with Crippen molar-refractivity contribution in [2.24, 2.45) is 4.99 Å². The molecule has 94 valence electrons. The number of hydrogen-bond donors (Lipinski definition) is 2. The van der Waals surface area contributed by atoms with Crippen LogP contribution in [-0.2, 0) is 0 Å². The number of nitrogens with one attached hydrogen (secondary N) is 1. The summed E-state index contributed by atoms with van der Waals surface area (Å²) in [5, 5.41) is 8.35. The number of nitrogens with zero attached hydrogens (tertiary/aromatic N) is 2. The quantitative estimate of drug-likeness (QED) is 0.430. The van der Waals surface area contributed by atoms with Gasteiger partial charge in [0, 0.05) is 6.54 Å². The average Bonchev–Trinajstić information content (AvgIpc) is 2.37. The highest BCUT2D eigenvalue weighted by Gasteiger charge is 1.96. The van der Waals surface area contributed by atoms with Crippen LogP contribution in [0.2, 0.25) is 0 Å². The number of benzene rings is 1. The van der Waals surface area contributed by atoms with Crippen molar-refractivity contribution in [3.05, 3.63) is 24.3 Å². The Morgan fingerprint density at radius 1 is 1.41 bits per heavy atom. The predicted octanol–water partition coefficient (Wildman–Crippen LogP) is 1.66. The molecule has 0 bridgehead atoms. The molecule has 1 aromatic rings. The van der Waals surface area contributed by atoms with Gasteiger partial charge in [0.25, 0.3) is 0 Å². The zero-order chi connectivity index (χ0) is 12.5. The first-order chi connectivity index (χ1) is 8.26. The van der Waals surface area contributed by atoms with Crippen LogP contribution in [0.3, 0.4) is 0 Å². The van der Waals surface area contributed by atoms with Gasteiger partial charge in [0.1, 0.15) is 18.7 Å². The van der Waals surface area contributed by atoms with Crippen molar-refractivity contribution in [1.82, 2.24) is 10.4 Å². The standard InChI is InChI=1S/C12H19N3O2/c1-3-15(2)8-9-17-12-6-4-11(5-7-12)13-10-14-16/h4-7,10,16H,3,8-9H2,1-2H3,(H,13,14). The lowest BCUT2D eigenvalue weighted by Gasteiger charge is -2.14. The molecule has 0 radical (unpaired) electrons. The summed E-state index contributed by atoms with van der Waals surface area (Å²) in [5.74, 6) is 0.824. The van der Waals surface area contributed by atoms with Crippen LogP contribution < -0.4 is 10.2 Å². The fourth-order valence-corrected chi connectivity index (χ4v) is 1.21. The molecule has 0 saturated carbocycles. The first-order valence-electron chi connectivity index (χ1n) is 5.60. The molecule has 1 rings (SSSR count). The van der Waals surface area contributed by atoms with E-state index >= 15 is 0 Å². The minimum atomic E-state index is 0.672. The predicted molar refractivity (Wildman–Crippen MR) is 68.2 cm³/mol. The molecule has 0 fully saturated rings. The lowest BCUT2D eigenvalue weighted by molar-refractivity contribution is 0.240. The molecule has 0 aliphatic heterocycles. The van der Waals surface area contributed by atoms with Gasteiger partial charge in [-0.15, -0.1) is 0 Å². The maximum absolute atomic E-state index is 8.35. The molecular formula is C12H19N3O2. The van der Waals surface area contributed by atoms with Crippen LogP contribution in [-0.4, -0.2) is 43.2 Å². The summed E-state index contributed by atoms with van der Waals surface area (Å²) in [6.07, 6.45) is 1.21. The van der Waals surface area contributed by atoms with E-state index in [0.29, 0.717) is 6.61 Å². The van der Waals surface area contributed by atoms with Crippen LogP contribution in [0.5, 0.6) is 5.75 Å². The van der Waals surface area contributed by atoms with E-state index in [-0.39, 0.29) is 0 Å². The SMILES string of the molecule is CCN(C)CCOc1ccc(N=CNO)cc1. The highest BCUT2D eigenvalue weighted by atomic mass is 16.5. The van der Waals surface area contributed by atoms with Crippen LogP contribution >= 0.6 is 0 Å². The minimum absolute atomic E-state index is 0.672. The number of rotatable bonds is 7. The third kappa shape index (κ3) is 5.33. The molecule has 0 aromatic heterocycles. The molecule has 0 spiro atoms. The van der Waals surface area contributed by atoms with E-state index in [9.17, 15) is 0 Å². The van der Waals surface area contributed by atoms with Gasteiger partial charge in [-0.1, -0.05) is 6.92 Å². The summed E-state index contributed by atoms with van der Waals surface area (Å²) >= 11 is 0. The van der Waals surface area contributed by atoms with Crippen LogP contribution in [0.1, 0.15) is 6.92 Å². The molecule has 5 nitrogen and oxygen atoms in total. The summed E-state index contributed by atoms with van der Waals surface area (Å²) in [5.41, 5.74) is 2.61. The third-order valence-electron chi connectivity index (χ3n) is 2.39. The Hall–Kier alpha value is -1.59. The van der Waals surface area contributed by atoms with Gasteiger partial charge in [-0.3, -0.25) is 10.7 Å². The first-order valence-corrected chi connectivity index (χ1v) is 5.60. The van der Waals surface area contributed by atoms with E-state index in [1.807, 2.05) is 29.7 Å². The van der Waals surface area contributed by atoms with E-state index in [1.54, 1.807) is 0 Å². The van der Waals surface area contributed by atoms with Gasteiger partial charge in [0.15, 0.2) is 0 Å².